The van der Waals surface area contributed by atoms with Gasteiger partial charge < -0.3 is 4.74 Å². The van der Waals surface area contributed by atoms with E-state index in [1.807, 2.05) is 0 Å². The van der Waals surface area contributed by atoms with Gasteiger partial charge in [-0.15, -0.1) is 0 Å². The van der Waals surface area contributed by atoms with E-state index in [0.29, 0.717) is 0 Å². The van der Waals surface area contributed by atoms with Crippen molar-refractivity contribution in [2.24, 2.45) is 0 Å². The van der Waals surface area contributed by atoms with Crippen molar-refractivity contribution in [1.29, 1.82) is 5.26 Å². The molecule has 0 saturated carbocycles. The highest BCUT2D eigenvalue weighted by atomic mass is 19.4. The predicted molar refractivity (Wildman–Crippen MR) is 87.1 cm³/mol. The van der Waals surface area contributed by atoms with Crippen LogP contribution in [0.2, 0.25) is 0 Å². The van der Waals surface area contributed by atoms with Crippen LogP contribution in [0.25, 0.3) is 0 Å². The third-order valence-corrected chi connectivity index (χ3v) is 3.31. The lowest BCUT2D eigenvalue weighted by molar-refractivity contribution is -0.0884. The predicted octanol–water partition coefficient (Wildman–Crippen LogP) is 5.06. The summed E-state index contributed by atoms with van der Waals surface area (Å²) in [5.41, 5.74) is -2.66. The first-order valence-electron chi connectivity index (χ1n) is 7.98. The smallest absolute Gasteiger partial charge is 0.416 e. The number of rotatable bonds is 7. The fraction of sp³-hybridized carbons (Fsp3) is 0.389. The van der Waals surface area contributed by atoms with Gasteiger partial charge in [0.25, 0.3) is 6.43 Å². The fourth-order valence-electron chi connectivity index (χ4n) is 2.15. The van der Waals surface area contributed by atoms with Crippen LogP contribution in [0.1, 0.15) is 54.0 Å². The molecule has 0 fully saturated rings. The van der Waals surface area contributed by atoms with Crippen molar-refractivity contribution in [2.45, 2.75) is 39.3 Å². The van der Waals surface area contributed by atoms with Crippen LogP contribution < -0.4 is 0 Å². The number of hydrogen-bond acceptors (Lipinski definition) is 4. The van der Waals surface area contributed by atoms with Gasteiger partial charge in [-0.05, 0) is 19.4 Å². The average Bonchev–Trinajstić information content (AvgIpc) is 2.59. The monoisotopic (exact) mass is 388 g/mol. The van der Waals surface area contributed by atoms with Crippen molar-refractivity contribution in [3.8, 4) is 6.07 Å². The molecule has 0 aliphatic heterocycles. The van der Waals surface area contributed by atoms with E-state index >= 15 is 0 Å². The summed E-state index contributed by atoms with van der Waals surface area (Å²) in [4.78, 5) is 15.4. The molecule has 0 bridgehead atoms. The Bertz CT molecular complexity index is 777. The van der Waals surface area contributed by atoms with Crippen molar-refractivity contribution in [3.63, 3.8) is 0 Å². The average molecular weight is 388 g/mol. The topological polar surface area (TPSA) is 63.0 Å². The Kier molecular flexibility index (Phi) is 8.09. The zero-order valence-electron chi connectivity index (χ0n) is 14.6. The van der Waals surface area contributed by atoms with Gasteiger partial charge in [0.1, 0.15) is 11.8 Å². The molecule has 27 heavy (non-hydrogen) atoms. The Balaban J connectivity index is 3.27. The summed E-state index contributed by atoms with van der Waals surface area (Å²) in [6.45, 7) is 2.97. The van der Waals surface area contributed by atoms with Gasteiger partial charge in [-0.25, -0.2) is 18.6 Å². The van der Waals surface area contributed by atoms with Crippen LogP contribution in [0, 0.1) is 11.3 Å². The maximum absolute atomic E-state index is 13.2. The number of aromatic nitrogens is 1. The molecule has 0 spiro atoms. The molecule has 1 heterocycles. The zero-order valence-corrected chi connectivity index (χ0v) is 14.6. The number of allylic oxidation sites excluding steroid dienone is 4. The van der Waals surface area contributed by atoms with Gasteiger partial charge in [-0.3, -0.25) is 0 Å². The van der Waals surface area contributed by atoms with E-state index in [2.05, 4.69) is 9.72 Å². The summed E-state index contributed by atoms with van der Waals surface area (Å²) in [6.07, 6.45) is -4.95. The van der Waals surface area contributed by atoms with E-state index < -0.39 is 35.4 Å². The lowest BCUT2D eigenvalue weighted by atomic mass is 10.1. The second kappa shape index (κ2) is 9.80. The van der Waals surface area contributed by atoms with E-state index in [1.54, 1.807) is 6.07 Å². The molecule has 1 rings (SSSR count). The van der Waals surface area contributed by atoms with Crippen LogP contribution in [-0.4, -0.2) is 23.7 Å². The quantitative estimate of drug-likeness (QED) is 0.372. The van der Waals surface area contributed by atoms with E-state index in [1.165, 1.54) is 13.8 Å². The minimum Gasteiger partial charge on any atom is -0.462 e. The van der Waals surface area contributed by atoms with Crippen LogP contribution in [0.4, 0.5) is 22.0 Å². The second-order valence-electron chi connectivity index (χ2n) is 5.22. The molecular weight excluding hydrogens is 371 g/mol. The number of nitrogens with zero attached hydrogens (tertiary/aromatic N) is 2. The molecule has 146 valence electrons. The van der Waals surface area contributed by atoms with Gasteiger partial charge >= 0.3 is 12.1 Å². The molecular formula is C18H17F5N2O2. The minimum atomic E-state index is -4.56. The van der Waals surface area contributed by atoms with Crippen molar-refractivity contribution >= 4 is 5.97 Å². The lowest BCUT2D eigenvalue weighted by Crippen LogP contribution is -2.13. The highest BCUT2D eigenvalue weighted by Crippen LogP contribution is 2.28. The summed E-state index contributed by atoms with van der Waals surface area (Å²) in [5.74, 6) is -1.05. The van der Waals surface area contributed by atoms with Crippen LogP contribution in [0.3, 0.4) is 0 Å². The van der Waals surface area contributed by atoms with Crippen LogP contribution in [-0.2, 0) is 11.2 Å². The summed E-state index contributed by atoms with van der Waals surface area (Å²) < 4.78 is 69.6. The molecule has 0 radical (unpaired) electrons. The standard InChI is InChI=1S/C18H17F5N2O2/c1-3-6-12(18(21,22)23)7-5-8-14-11(10-24)9-13(17(26)27-4-2)15(25-14)16(19)20/h5-7,9,16H,3-4,8H2,1-2H3/b7-5-,12-6+. The zero-order chi connectivity index (χ0) is 20.6. The van der Waals surface area contributed by atoms with Crippen molar-refractivity contribution in [2.75, 3.05) is 6.61 Å². The van der Waals surface area contributed by atoms with E-state index in [4.69, 9.17) is 5.26 Å². The van der Waals surface area contributed by atoms with Gasteiger partial charge in [0, 0.05) is 6.42 Å². The molecule has 0 aromatic carbocycles. The molecule has 0 aliphatic carbocycles. The molecule has 0 aliphatic rings. The number of halogens is 5. The Morgan fingerprint density at radius 2 is 2.04 bits per heavy atom. The van der Waals surface area contributed by atoms with E-state index in [-0.39, 0.29) is 30.7 Å². The molecule has 9 heteroatoms. The van der Waals surface area contributed by atoms with Gasteiger partial charge in [0.15, 0.2) is 0 Å². The first-order chi connectivity index (χ1) is 12.6. The van der Waals surface area contributed by atoms with Gasteiger partial charge in [-0.2, -0.15) is 18.4 Å². The third-order valence-electron chi connectivity index (χ3n) is 3.31. The van der Waals surface area contributed by atoms with E-state index in [0.717, 1.165) is 24.3 Å². The first kappa shape index (κ1) is 22.3. The molecule has 4 nitrogen and oxygen atoms in total. The Morgan fingerprint density at radius 1 is 1.37 bits per heavy atom. The summed E-state index contributed by atoms with van der Waals surface area (Å²) in [6, 6.07) is 2.63. The van der Waals surface area contributed by atoms with Crippen molar-refractivity contribution in [1.82, 2.24) is 4.98 Å². The SMILES string of the molecule is CC/C=C(\C=C/Cc1nc(C(F)F)c(C(=O)OCC)cc1C#N)C(F)(F)F. The number of alkyl halides is 5. The third kappa shape index (κ3) is 6.16. The molecule has 0 saturated heterocycles. The molecule has 0 atom stereocenters. The maximum atomic E-state index is 13.2. The second-order valence-corrected chi connectivity index (χ2v) is 5.22. The van der Waals surface area contributed by atoms with Crippen LogP contribution >= 0.6 is 0 Å². The van der Waals surface area contributed by atoms with Gasteiger partial charge in [0.2, 0.25) is 0 Å². The van der Waals surface area contributed by atoms with Crippen LogP contribution in [0.5, 0.6) is 0 Å². The Hall–Kier alpha value is -2.76. The lowest BCUT2D eigenvalue weighted by Gasteiger charge is -2.11. The summed E-state index contributed by atoms with van der Waals surface area (Å²) in [5, 5.41) is 9.16. The van der Waals surface area contributed by atoms with Crippen molar-refractivity contribution in [3.05, 3.63) is 52.4 Å². The number of ether oxygens (including phenoxy) is 1. The number of carbonyl (C=O) groups is 1. The minimum absolute atomic E-state index is 0.0577. The summed E-state index contributed by atoms with van der Waals surface area (Å²) >= 11 is 0. The molecule has 1 aromatic rings. The van der Waals surface area contributed by atoms with Gasteiger partial charge in [-0.1, -0.05) is 25.2 Å². The van der Waals surface area contributed by atoms with Crippen LogP contribution in [0.15, 0.2) is 29.9 Å². The molecule has 0 amide bonds. The molecule has 1 aromatic heterocycles. The number of carbonyl (C=O) groups excluding carboxylic acids is 1. The molecule has 0 N–H and O–H groups in total. The van der Waals surface area contributed by atoms with Gasteiger partial charge in [0.05, 0.1) is 29.0 Å². The largest absolute Gasteiger partial charge is 0.462 e. The highest BCUT2D eigenvalue weighted by molar-refractivity contribution is 5.91. The Labute approximate surface area is 153 Å². The normalized spacial score (nSPS) is 12.5. The maximum Gasteiger partial charge on any atom is 0.416 e. The number of nitriles is 1. The number of hydrogen-bond donors (Lipinski definition) is 0. The summed E-state index contributed by atoms with van der Waals surface area (Å²) in [7, 11) is 0. The highest BCUT2D eigenvalue weighted by Gasteiger charge is 2.31. The molecule has 0 unspecified atom stereocenters. The Morgan fingerprint density at radius 3 is 2.52 bits per heavy atom. The number of esters is 1. The fourth-order valence-corrected chi connectivity index (χ4v) is 2.15. The first-order valence-corrected chi connectivity index (χ1v) is 7.98. The number of pyridine rings is 1. The van der Waals surface area contributed by atoms with E-state index in [9.17, 15) is 26.7 Å². The van der Waals surface area contributed by atoms with Crippen molar-refractivity contribution < 1.29 is 31.5 Å².